The minimum atomic E-state index is 0.761. The van der Waals surface area contributed by atoms with Gasteiger partial charge in [-0.2, -0.15) is 16.9 Å². The van der Waals surface area contributed by atoms with Crippen LogP contribution in [0.5, 0.6) is 0 Å². The Labute approximate surface area is 108 Å². The van der Waals surface area contributed by atoms with Crippen molar-refractivity contribution in [3.63, 3.8) is 0 Å². The molecule has 0 amide bonds. The first-order valence-electron chi connectivity index (χ1n) is 6.58. The van der Waals surface area contributed by atoms with Gasteiger partial charge in [0.15, 0.2) is 0 Å². The standard InChI is InChI=1S/C13H23N3S/c1-11-10-12(2)16(15-11)7-3-6-14-13-4-8-17-9-5-13/h10,13-14H,3-9H2,1-2H3. The number of thioether (sulfide) groups is 1. The summed E-state index contributed by atoms with van der Waals surface area (Å²) in [6, 6.07) is 2.91. The third-order valence-corrected chi connectivity index (χ3v) is 4.35. The summed E-state index contributed by atoms with van der Waals surface area (Å²) in [5, 5.41) is 8.14. The lowest BCUT2D eigenvalue weighted by atomic mass is 10.1. The van der Waals surface area contributed by atoms with Crippen LogP contribution >= 0.6 is 11.8 Å². The molecule has 0 radical (unpaired) electrons. The zero-order valence-electron chi connectivity index (χ0n) is 10.9. The Morgan fingerprint density at radius 3 is 2.82 bits per heavy atom. The molecule has 3 nitrogen and oxygen atoms in total. The lowest BCUT2D eigenvalue weighted by Gasteiger charge is -2.22. The second-order valence-corrected chi connectivity index (χ2v) is 6.07. The molecule has 1 aromatic rings. The van der Waals surface area contributed by atoms with Gasteiger partial charge in [0.2, 0.25) is 0 Å². The van der Waals surface area contributed by atoms with E-state index < -0.39 is 0 Å². The fourth-order valence-electron chi connectivity index (χ4n) is 2.34. The molecule has 0 bridgehead atoms. The number of hydrogen-bond acceptors (Lipinski definition) is 3. The molecule has 1 N–H and O–H groups in total. The monoisotopic (exact) mass is 253 g/mol. The second-order valence-electron chi connectivity index (χ2n) is 4.84. The van der Waals surface area contributed by atoms with Gasteiger partial charge in [-0.3, -0.25) is 4.68 Å². The molecular formula is C13H23N3S. The summed E-state index contributed by atoms with van der Waals surface area (Å²) in [6.07, 6.45) is 3.85. The average molecular weight is 253 g/mol. The van der Waals surface area contributed by atoms with Crippen molar-refractivity contribution in [1.29, 1.82) is 0 Å². The molecule has 1 fully saturated rings. The molecule has 1 aliphatic rings. The van der Waals surface area contributed by atoms with Crippen molar-refractivity contribution in [2.45, 2.75) is 45.7 Å². The smallest absolute Gasteiger partial charge is 0.0596 e. The molecule has 96 valence electrons. The Morgan fingerprint density at radius 1 is 1.41 bits per heavy atom. The van der Waals surface area contributed by atoms with E-state index in [-0.39, 0.29) is 0 Å². The highest BCUT2D eigenvalue weighted by molar-refractivity contribution is 7.99. The molecule has 1 aliphatic heterocycles. The molecule has 0 aromatic carbocycles. The van der Waals surface area contributed by atoms with E-state index in [1.54, 1.807) is 0 Å². The number of rotatable bonds is 5. The van der Waals surface area contributed by atoms with E-state index >= 15 is 0 Å². The molecule has 2 rings (SSSR count). The van der Waals surface area contributed by atoms with Crippen LogP contribution in [0.15, 0.2) is 6.07 Å². The van der Waals surface area contributed by atoms with Crippen LogP contribution in [0.3, 0.4) is 0 Å². The first-order chi connectivity index (χ1) is 8.25. The van der Waals surface area contributed by atoms with Crippen LogP contribution in [-0.2, 0) is 6.54 Å². The largest absolute Gasteiger partial charge is 0.314 e. The lowest BCUT2D eigenvalue weighted by molar-refractivity contribution is 0.454. The Kier molecular flexibility index (Phi) is 4.92. The van der Waals surface area contributed by atoms with Crippen molar-refractivity contribution in [1.82, 2.24) is 15.1 Å². The van der Waals surface area contributed by atoms with Crippen LogP contribution in [-0.4, -0.2) is 33.9 Å². The van der Waals surface area contributed by atoms with E-state index in [1.165, 1.54) is 36.5 Å². The van der Waals surface area contributed by atoms with E-state index in [9.17, 15) is 0 Å². The number of hydrogen-bond donors (Lipinski definition) is 1. The Hall–Kier alpha value is -0.480. The fraction of sp³-hybridized carbons (Fsp3) is 0.769. The molecule has 0 unspecified atom stereocenters. The molecule has 17 heavy (non-hydrogen) atoms. The van der Waals surface area contributed by atoms with Gasteiger partial charge in [0, 0.05) is 18.3 Å². The van der Waals surface area contributed by atoms with Crippen LogP contribution in [0, 0.1) is 13.8 Å². The van der Waals surface area contributed by atoms with E-state index in [0.29, 0.717) is 0 Å². The molecular weight excluding hydrogens is 230 g/mol. The highest BCUT2D eigenvalue weighted by atomic mass is 32.2. The maximum Gasteiger partial charge on any atom is 0.0596 e. The van der Waals surface area contributed by atoms with Crippen molar-refractivity contribution in [3.8, 4) is 0 Å². The maximum absolute atomic E-state index is 4.48. The predicted octanol–water partition coefficient (Wildman–Crippen LogP) is 2.38. The molecule has 0 saturated carbocycles. The summed E-state index contributed by atoms with van der Waals surface area (Å²) in [4.78, 5) is 0. The van der Waals surface area contributed by atoms with Gasteiger partial charge < -0.3 is 5.32 Å². The first kappa shape index (κ1) is 13.0. The van der Waals surface area contributed by atoms with Gasteiger partial charge in [-0.1, -0.05) is 0 Å². The van der Waals surface area contributed by atoms with E-state index in [0.717, 1.165) is 24.8 Å². The van der Waals surface area contributed by atoms with Gasteiger partial charge >= 0.3 is 0 Å². The van der Waals surface area contributed by atoms with E-state index in [1.807, 2.05) is 0 Å². The summed E-state index contributed by atoms with van der Waals surface area (Å²) in [5.41, 5.74) is 2.40. The average Bonchev–Trinajstić information content (AvgIpc) is 2.65. The highest BCUT2D eigenvalue weighted by Gasteiger charge is 2.12. The molecule has 0 spiro atoms. The minimum absolute atomic E-state index is 0.761. The van der Waals surface area contributed by atoms with Crippen molar-refractivity contribution < 1.29 is 0 Å². The SMILES string of the molecule is Cc1cc(C)n(CCCNC2CCSCC2)n1. The highest BCUT2D eigenvalue weighted by Crippen LogP contribution is 2.16. The van der Waals surface area contributed by atoms with Crippen LogP contribution in [0.4, 0.5) is 0 Å². The van der Waals surface area contributed by atoms with E-state index in [4.69, 9.17) is 0 Å². The Balaban J connectivity index is 1.64. The van der Waals surface area contributed by atoms with Gasteiger partial charge in [0.1, 0.15) is 0 Å². The van der Waals surface area contributed by atoms with Crippen molar-refractivity contribution in [2.75, 3.05) is 18.1 Å². The minimum Gasteiger partial charge on any atom is -0.314 e. The zero-order chi connectivity index (χ0) is 12.1. The van der Waals surface area contributed by atoms with Gasteiger partial charge in [0.05, 0.1) is 5.69 Å². The molecule has 2 heterocycles. The Bertz CT molecular complexity index is 342. The maximum atomic E-state index is 4.48. The van der Waals surface area contributed by atoms with Gasteiger partial charge in [-0.25, -0.2) is 0 Å². The van der Waals surface area contributed by atoms with Crippen LogP contribution in [0.2, 0.25) is 0 Å². The van der Waals surface area contributed by atoms with Crippen LogP contribution < -0.4 is 5.32 Å². The molecule has 1 aromatic heterocycles. The Morgan fingerprint density at radius 2 is 2.18 bits per heavy atom. The van der Waals surface area contributed by atoms with Gasteiger partial charge in [-0.15, -0.1) is 0 Å². The molecule has 4 heteroatoms. The third-order valence-electron chi connectivity index (χ3n) is 3.30. The predicted molar refractivity (Wildman–Crippen MR) is 74.7 cm³/mol. The summed E-state index contributed by atoms with van der Waals surface area (Å²) >= 11 is 2.09. The van der Waals surface area contributed by atoms with Crippen molar-refractivity contribution in [2.24, 2.45) is 0 Å². The zero-order valence-corrected chi connectivity index (χ0v) is 11.7. The summed E-state index contributed by atoms with van der Waals surface area (Å²) in [5.74, 6) is 2.66. The van der Waals surface area contributed by atoms with Gasteiger partial charge in [-0.05, 0) is 57.2 Å². The number of aryl methyl sites for hydroxylation is 3. The van der Waals surface area contributed by atoms with Crippen molar-refractivity contribution >= 4 is 11.8 Å². The van der Waals surface area contributed by atoms with E-state index in [2.05, 4.69) is 46.8 Å². The normalized spacial score (nSPS) is 17.5. The lowest BCUT2D eigenvalue weighted by Crippen LogP contribution is -2.33. The number of nitrogens with one attached hydrogen (secondary N) is 1. The molecule has 0 atom stereocenters. The summed E-state index contributed by atoms with van der Waals surface area (Å²) < 4.78 is 2.12. The van der Waals surface area contributed by atoms with Crippen LogP contribution in [0.25, 0.3) is 0 Å². The molecule has 1 saturated heterocycles. The number of nitrogens with zero attached hydrogens (tertiary/aromatic N) is 2. The summed E-state index contributed by atoms with van der Waals surface area (Å²) in [6.45, 7) is 6.34. The number of aromatic nitrogens is 2. The first-order valence-corrected chi connectivity index (χ1v) is 7.73. The molecule has 0 aliphatic carbocycles. The third kappa shape index (κ3) is 4.03. The quantitative estimate of drug-likeness (QED) is 0.817. The van der Waals surface area contributed by atoms with Crippen LogP contribution in [0.1, 0.15) is 30.7 Å². The van der Waals surface area contributed by atoms with Gasteiger partial charge in [0.25, 0.3) is 0 Å². The van der Waals surface area contributed by atoms with Crippen molar-refractivity contribution in [3.05, 3.63) is 17.5 Å². The topological polar surface area (TPSA) is 29.9 Å². The second kappa shape index (κ2) is 6.45. The fourth-order valence-corrected chi connectivity index (χ4v) is 3.44. The summed E-state index contributed by atoms with van der Waals surface area (Å²) in [7, 11) is 0.